The Morgan fingerprint density at radius 3 is 1.74 bits per heavy atom. The Morgan fingerprint density at radius 1 is 0.704 bits per heavy atom. The van der Waals surface area contributed by atoms with E-state index in [-0.39, 0.29) is 6.29 Å². The number of nitriles is 1. The van der Waals surface area contributed by atoms with Crippen molar-refractivity contribution < 1.29 is 9.47 Å². The number of hydrogen-bond donors (Lipinski definition) is 0. The zero-order valence-corrected chi connectivity index (χ0v) is 18.0. The minimum absolute atomic E-state index is 0.168. The van der Waals surface area contributed by atoms with E-state index in [1.165, 1.54) is 51.4 Å². The highest BCUT2D eigenvalue weighted by atomic mass is 16.7. The van der Waals surface area contributed by atoms with Crippen LogP contribution in [-0.4, -0.2) is 19.5 Å². The Labute approximate surface area is 168 Å². The summed E-state index contributed by atoms with van der Waals surface area (Å²) < 4.78 is 11.8. The third-order valence-electron chi connectivity index (χ3n) is 4.52. The quantitative estimate of drug-likeness (QED) is 0.125. The molecule has 0 aliphatic carbocycles. The van der Waals surface area contributed by atoms with Crippen LogP contribution in [0.5, 0.6) is 0 Å². The molecular formula is C24H43NO2. The van der Waals surface area contributed by atoms with Crippen LogP contribution in [-0.2, 0) is 9.47 Å². The molecule has 3 heteroatoms. The van der Waals surface area contributed by atoms with E-state index in [4.69, 9.17) is 14.7 Å². The maximum absolute atomic E-state index is 8.66. The average Bonchev–Trinajstić information content (AvgIpc) is 2.68. The summed E-state index contributed by atoms with van der Waals surface area (Å²) in [4.78, 5) is 0. The van der Waals surface area contributed by atoms with E-state index in [0.717, 1.165) is 32.1 Å². The van der Waals surface area contributed by atoms with Crippen LogP contribution in [0.4, 0.5) is 0 Å². The molecule has 0 aromatic heterocycles. The van der Waals surface area contributed by atoms with E-state index in [0.29, 0.717) is 19.6 Å². The number of ether oxygens (including phenoxy) is 2. The molecule has 0 amide bonds. The second-order valence-corrected chi connectivity index (χ2v) is 7.14. The number of nitrogens with zero attached hydrogens (tertiary/aromatic N) is 1. The molecule has 0 aliphatic heterocycles. The predicted octanol–water partition coefficient (Wildman–Crippen LogP) is 7.48. The van der Waals surface area contributed by atoms with Crippen LogP contribution < -0.4 is 0 Å². The van der Waals surface area contributed by atoms with E-state index in [1.807, 2.05) is 0 Å². The molecule has 0 rings (SSSR count). The molecular weight excluding hydrogens is 334 g/mol. The van der Waals surface area contributed by atoms with Crippen LogP contribution in [0.1, 0.15) is 104 Å². The van der Waals surface area contributed by atoms with Crippen LogP contribution >= 0.6 is 0 Å². The first-order valence-corrected chi connectivity index (χ1v) is 11.2. The van der Waals surface area contributed by atoms with Crippen molar-refractivity contribution >= 4 is 0 Å². The van der Waals surface area contributed by atoms with Crippen molar-refractivity contribution in [3.63, 3.8) is 0 Å². The molecule has 0 bridgehead atoms. The van der Waals surface area contributed by atoms with Crippen molar-refractivity contribution in [3.8, 4) is 6.07 Å². The average molecular weight is 378 g/mol. The molecule has 156 valence electrons. The lowest BCUT2D eigenvalue weighted by molar-refractivity contribution is -0.131. The zero-order valence-electron chi connectivity index (χ0n) is 18.0. The fraction of sp³-hybridized carbons (Fsp3) is 0.792. The minimum atomic E-state index is -0.168. The Morgan fingerprint density at radius 2 is 1.26 bits per heavy atom. The van der Waals surface area contributed by atoms with Crippen molar-refractivity contribution in [3.05, 3.63) is 24.3 Å². The number of rotatable bonds is 20. The van der Waals surface area contributed by atoms with Crippen molar-refractivity contribution in [2.24, 2.45) is 0 Å². The maximum Gasteiger partial charge on any atom is 0.158 e. The summed E-state index contributed by atoms with van der Waals surface area (Å²) in [5, 5.41) is 8.66. The molecule has 0 saturated carbocycles. The first-order chi connectivity index (χ1) is 13.3. The summed E-state index contributed by atoms with van der Waals surface area (Å²) in [5.74, 6) is 0. The van der Waals surface area contributed by atoms with Gasteiger partial charge in [0.05, 0.1) is 19.3 Å². The molecule has 27 heavy (non-hydrogen) atoms. The lowest BCUT2D eigenvalue weighted by Gasteiger charge is -2.16. The first kappa shape index (κ1) is 25.9. The zero-order chi connectivity index (χ0) is 19.8. The molecule has 0 spiro atoms. The Bertz CT molecular complexity index is 358. The molecule has 0 fully saturated rings. The van der Waals surface area contributed by atoms with E-state index in [9.17, 15) is 0 Å². The van der Waals surface area contributed by atoms with E-state index in [2.05, 4.69) is 44.2 Å². The maximum atomic E-state index is 8.66. The van der Waals surface area contributed by atoms with Crippen LogP contribution in [0.2, 0.25) is 0 Å². The van der Waals surface area contributed by atoms with Gasteiger partial charge in [-0.1, -0.05) is 76.7 Å². The van der Waals surface area contributed by atoms with Gasteiger partial charge in [0, 0.05) is 6.42 Å². The summed E-state index contributed by atoms with van der Waals surface area (Å²) in [5.41, 5.74) is 0. The molecule has 0 N–H and O–H groups in total. The van der Waals surface area contributed by atoms with Crippen molar-refractivity contribution in [1.29, 1.82) is 5.26 Å². The fourth-order valence-electron chi connectivity index (χ4n) is 2.81. The van der Waals surface area contributed by atoms with Crippen molar-refractivity contribution in [2.45, 2.75) is 110 Å². The normalized spacial score (nSPS) is 11.8. The second-order valence-electron chi connectivity index (χ2n) is 7.14. The smallest absolute Gasteiger partial charge is 0.158 e. The van der Waals surface area contributed by atoms with Gasteiger partial charge in [-0.15, -0.1) is 0 Å². The molecule has 0 aliphatic rings. The van der Waals surface area contributed by atoms with E-state index in [1.54, 1.807) is 0 Å². The van der Waals surface area contributed by atoms with Crippen LogP contribution in [0, 0.1) is 11.3 Å². The Kier molecular flexibility index (Phi) is 22.0. The van der Waals surface area contributed by atoms with Crippen LogP contribution in [0.15, 0.2) is 24.3 Å². The van der Waals surface area contributed by atoms with Crippen LogP contribution in [0.3, 0.4) is 0 Å². The molecule has 0 unspecified atom stereocenters. The highest BCUT2D eigenvalue weighted by Gasteiger charge is 2.07. The lowest BCUT2D eigenvalue weighted by atomic mass is 10.1. The summed E-state index contributed by atoms with van der Waals surface area (Å²) in [6, 6.07) is 2.20. The van der Waals surface area contributed by atoms with Gasteiger partial charge >= 0.3 is 0 Å². The molecule has 0 aromatic rings. The molecule has 0 saturated heterocycles. The standard InChI is InChI=1S/C24H43NO2/c1-3-5-7-9-11-13-18-22-26-24(20-16-15-17-21-25)27-23-19-14-12-10-8-6-4-2/h13-14,18-19,24H,3-12,15-17,20,22-23H2,1-2H3/b18-13-,19-14-. The van der Waals surface area contributed by atoms with Crippen molar-refractivity contribution in [1.82, 2.24) is 0 Å². The molecule has 0 aromatic carbocycles. The van der Waals surface area contributed by atoms with Gasteiger partial charge in [0.1, 0.15) is 0 Å². The molecule has 3 nitrogen and oxygen atoms in total. The van der Waals surface area contributed by atoms with Gasteiger partial charge in [0.25, 0.3) is 0 Å². The summed E-state index contributed by atoms with van der Waals surface area (Å²) in [7, 11) is 0. The van der Waals surface area contributed by atoms with Crippen molar-refractivity contribution in [2.75, 3.05) is 13.2 Å². The van der Waals surface area contributed by atoms with Gasteiger partial charge in [-0.2, -0.15) is 5.26 Å². The van der Waals surface area contributed by atoms with E-state index < -0.39 is 0 Å². The highest BCUT2D eigenvalue weighted by molar-refractivity contribution is 4.83. The fourth-order valence-corrected chi connectivity index (χ4v) is 2.81. The van der Waals surface area contributed by atoms with Gasteiger partial charge in [-0.05, 0) is 44.9 Å². The number of allylic oxidation sites excluding steroid dienone is 2. The number of unbranched alkanes of at least 4 members (excludes halogenated alkanes) is 10. The lowest BCUT2D eigenvalue weighted by Crippen LogP contribution is -2.17. The largest absolute Gasteiger partial charge is 0.349 e. The monoisotopic (exact) mass is 377 g/mol. The van der Waals surface area contributed by atoms with Gasteiger partial charge in [0.2, 0.25) is 0 Å². The first-order valence-electron chi connectivity index (χ1n) is 11.2. The van der Waals surface area contributed by atoms with Gasteiger partial charge in [-0.25, -0.2) is 0 Å². The van der Waals surface area contributed by atoms with Gasteiger partial charge in [-0.3, -0.25) is 0 Å². The molecule has 0 atom stereocenters. The predicted molar refractivity (Wildman–Crippen MR) is 116 cm³/mol. The SMILES string of the molecule is CCCCCC/C=C\COC(CCCCC#N)OC/C=C\CCCCCC. The third-order valence-corrected chi connectivity index (χ3v) is 4.52. The third kappa shape index (κ3) is 21.1. The summed E-state index contributed by atoms with van der Waals surface area (Å²) >= 11 is 0. The van der Waals surface area contributed by atoms with Crippen LogP contribution in [0.25, 0.3) is 0 Å². The Hall–Kier alpha value is -1.11. The van der Waals surface area contributed by atoms with Gasteiger partial charge in [0.15, 0.2) is 6.29 Å². The molecule has 0 radical (unpaired) electrons. The minimum Gasteiger partial charge on any atom is -0.349 e. The number of hydrogen-bond acceptors (Lipinski definition) is 3. The summed E-state index contributed by atoms with van der Waals surface area (Å²) in [6.45, 7) is 5.69. The van der Waals surface area contributed by atoms with Gasteiger partial charge < -0.3 is 9.47 Å². The highest BCUT2D eigenvalue weighted by Crippen LogP contribution is 2.10. The Balaban J connectivity index is 3.93. The second kappa shape index (κ2) is 22.9. The van der Waals surface area contributed by atoms with E-state index >= 15 is 0 Å². The molecule has 0 heterocycles. The topological polar surface area (TPSA) is 42.2 Å². The summed E-state index contributed by atoms with van der Waals surface area (Å²) in [6.07, 6.45) is 24.5.